The van der Waals surface area contributed by atoms with Crippen molar-refractivity contribution in [2.45, 2.75) is 39.2 Å². The molecule has 0 amide bonds. The first-order valence-electron chi connectivity index (χ1n) is 6.62. The number of rotatable bonds is 3. The van der Waals surface area contributed by atoms with E-state index in [1.54, 1.807) is 0 Å². The molecule has 1 N–H and O–H groups in total. The molecule has 17 heavy (non-hydrogen) atoms. The van der Waals surface area contributed by atoms with Gasteiger partial charge >= 0.3 is 0 Å². The summed E-state index contributed by atoms with van der Waals surface area (Å²) in [7, 11) is 4.17. The highest BCUT2D eigenvalue weighted by Gasteiger charge is 2.23. The van der Waals surface area contributed by atoms with Crippen molar-refractivity contribution in [3.05, 3.63) is 23.8 Å². The van der Waals surface area contributed by atoms with Crippen molar-refractivity contribution >= 4 is 11.4 Å². The summed E-state index contributed by atoms with van der Waals surface area (Å²) in [4.78, 5) is 2.15. The van der Waals surface area contributed by atoms with Crippen molar-refractivity contribution in [1.82, 2.24) is 0 Å². The zero-order valence-electron chi connectivity index (χ0n) is 11.5. The lowest BCUT2D eigenvalue weighted by Gasteiger charge is -2.21. The van der Waals surface area contributed by atoms with Crippen LogP contribution in [0.1, 0.15) is 31.7 Å². The molecule has 2 unspecified atom stereocenters. The molecule has 0 heterocycles. The van der Waals surface area contributed by atoms with Gasteiger partial charge in [-0.2, -0.15) is 0 Å². The molecule has 0 aliphatic heterocycles. The molecule has 1 aliphatic rings. The molecule has 1 fully saturated rings. The number of aryl methyl sites for hydroxylation is 1. The van der Waals surface area contributed by atoms with E-state index in [1.807, 2.05) is 0 Å². The van der Waals surface area contributed by atoms with Gasteiger partial charge in [0.2, 0.25) is 0 Å². The third-order valence-electron chi connectivity index (χ3n) is 3.93. The van der Waals surface area contributed by atoms with Gasteiger partial charge in [0.25, 0.3) is 0 Å². The topological polar surface area (TPSA) is 15.3 Å². The largest absolute Gasteiger partial charge is 0.382 e. The fourth-order valence-corrected chi connectivity index (χ4v) is 2.65. The van der Waals surface area contributed by atoms with Crippen molar-refractivity contribution in [1.29, 1.82) is 0 Å². The van der Waals surface area contributed by atoms with Gasteiger partial charge in [0.05, 0.1) is 0 Å². The molecule has 0 saturated heterocycles. The minimum atomic E-state index is 0.666. The Morgan fingerprint density at radius 1 is 1.24 bits per heavy atom. The van der Waals surface area contributed by atoms with E-state index in [2.05, 4.69) is 56.4 Å². The highest BCUT2D eigenvalue weighted by atomic mass is 15.1. The SMILES string of the molecule is Cc1cc(N(C)C)ccc1NC1CCCC1C. The second-order valence-corrected chi connectivity index (χ2v) is 5.55. The van der Waals surface area contributed by atoms with Crippen LogP contribution in [-0.4, -0.2) is 20.1 Å². The zero-order valence-corrected chi connectivity index (χ0v) is 11.5. The Morgan fingerprint density at radius 3 is 2.53 bits per heavy atom. The minimum absolute atomic E-state index is 0.666. The quantitative estimate of drug-likeness (QED) is 0.855. The third-order valence-corrected chi connectivity index (χ3v) is 3.93. The molecular weight excluding hydrogens is 208 g/mol. The maximum atomic E-state index is 3.71. The Labute approximate surface area is 105 Å². The Bertz CT molecular complexity index is 385. The standard InChI is InChI=1S/C15H24N2/c1-11-6-5-7-14(11)16-15-9-8-13(17(3)4)10-12(15)2/h8-11,14,16H,5-7H2,1-4H3. The fraction of sp³-hybridized carbons (Fsp3) is 0.600. The van der Waals surface area contributed by atoms with Gasteiger partial charge in [-0.3, -0.25) is 0 Å². The lowest BCUT2D eigenvalue weighted by atomic mass is 10.1. The highest BCUT2D eigenvalue weighted by Crippen LogP contribution is 2.30. The monoisotopic (exact) mass is 232 g/mol. The summed E-state index contributed by atoms with van der Waals surface area (Å²) in [5.41, 5.74) is 3.91. The normalized spacial score (nSPS) is 23.8. The smallest absolute Gasteiger partial charge is 0.0373 e. The van der Waals surface area contributed by atoms with Crippen LogP contribution in [0.3, 0.4) is 0 Å². The van der Waals surface area contributed by atoms with E-state index in [-0.39, 0.29) is 0 Å². The first kappa shape index (κ1) is 12.3. The fourth-order valence-electron chi connectivity index (χ4n) is 2.65. The van der Waals surface area contributed by atoms with E-state index < -0.39 is 0 Å². The van der Waals surface area contributed by atoms with Gasteiger partial charge in [0, 0.05) is 31.5 Å². The van der Waals surface area contributed by atoms with E-state index in [0.717, 1.165) is 5.92 Å². The zero-order chi connectivity index (χ0) is 12.4. The summed E-state index contributed by atoms with van der Waals surface area (Å²) in [5.74, 6) is 0.808. The number of hydrogen-bond donors (Lipinski definition) is 1. The number of anilines is 2. The second-order valence-electron chi connectivity index (χ2n) is 5.55. The maximum absolute atomic E-state index is 3.71. The van der Waals surface area contributed by atoms with Gasteiger partial charge in [-0.25, -0.2) is 0 Å². The second kappa shape index (κ2) is 4.99. The van der Waals surface area contributed by atoms with Crippen LogP contribution in [0.15, 0.2) is 18.2 Å². The van der Waals surface area contributed by atoms with Crippen molar-refractivity contribution in [3.8, 4) is 0 Å². The van der Waals surface area contributed by atoms with Crippen LogP contribution in [-0.2, 0) is 0 Å². The minimum Gasteiger partial charge on any atom is -0.382 e. The average Bonchev–Trinajstić information content (AvgIpc) is 2.67. The molecule has 2 rings (SSSR count). The van der Waals surface area contributed by atoms with Gasteiger partial charge < -0.3 is 10.2 Å². The van der Waals surface area contributed by atoms with E-state index >= 15 is 0 Å². The Hall–Kier alpha value is -1.18. The molecule has 0 radical (unpaired) electrons. The van der Waals surface area contributed by atoms with Gasteiger partial charge in [-0.1, -0.05) is 13.3 Å². The number of nitrogens with one attached hydrogen (secondary N) is 1. The maximum Gasteiger partial charge on any atom is 0.0373 e. The van der Waals surface area contributed by atoms with Crippen LogP contribution < -0.4 is 10.2 Å². The van der Waals surface area contributed by atoms with Crippen molar-refractivity contribution in [2.24, 2.45) is 5.92 Å². The van der Waals surface area contributed by atoms with Crippen LogP contribution >= 0.6 is 0 Å². The van der Waals surface area contributed by atoms with Crippen molar-refractivity contribution in [3.63, 3.8) is 0 Å². The number of benzene rings is 1. The molecule has 1 aromatic rings. The molecule has 2 atom stereocenters. The number of hydrogen-bond acceptors (Lipinski definition) is 2. The van der Waals surface area contributed by atoms with E-state index in [0.29, 0.717) is 6.04 Å². The van der Waals surface area contributed by atoms with Crippen LogP contribution in [0.4, 0.5) is 11.4 Å². The molecule has 2 heteroatoms. The van der Waals surface area contributed by atoms with E-state index in [1.165, 1.54) is 36.2 Å². The van der Waals surface area contributed by atoms with Gasteiger partial charge in [0.15, 0.2) is 0 Å². The Kier molecular flexibility index (Phi) is 3.60. The Balaban J connectivity index is 2.11. The molecule has 0 bridgehead atoms. The van der Waals surface area contributed by atoms with Gasteiger partial charge in [0.1, 0.15) is 0 Å². The molecule has 2 nitrogen and oxygen atoms in total. The molecular formula is C15H24N2. The molecule has 1 saturated carbocycles. The number of nitrogens with zero attached hydrogens (tertiary/aromatic N) is 1. The van der Waals surface area contributed by atoms with E-state index in [9.17, 15) is 0 Å². The first-order chi connectivity index (χ1) is 8.08. The lowest BCUT2D eigenvalue weighted by molar-refractivity contribution is 0.556. The predicted molar refractivity (Wildman–Crippen MR) is 75.9 cm³/mol. The van der Waals surface area contributed by atoms with Gasteiger partial charge in [-0.15, -0.1) is 0 Å². The van der Waals surface area contributed by atoms with Crippen molar-refractivity contribution < 1.29 is 0 Å². The average molecular weight is 232 g/mol. The summed E-state index contributed by atoms with van der Waals surface area (Å²) in [5, 5.41) is 3.71. The molecule has 1 aliphatic carbocycles. The molecule has 94 valence electrons. The predicted octanol–water partition coefficient (Wildman–Crippen LogP) is 3.66. The summed E-state index contributed by atoms with van der Waals surface area (Å²) in [6, 6.07) is 7.32. The highest BCUT2D eigenvalue weighted by molar-refractivity contribution is 5.60. The summed E-state index contributed by atoms with van der Waals surface area (Å²) in [6.07, 6.45) is 4.05. The van der Waals surface area contributed by atoms with Crippen LogP contribution in [0.2, 0.25) is 0 Å². The summed E-state index contributed by atoms with van der Waals surface area (Å²) < 4.78 is 0. The molecule has 1 aromatic carbocycles. The summed E-state index contributed by atoms with van der Waals surface area (Å²) >= 11 is 0. The van der Waals surface area contributed by atoms with Crippen LogP contribution in [0.25, 0.3) is 0 Å². The summed E-state index contributed by atoms with van der Waals surface area (Å²) in [6.45, 7) is 4.54. The molecule has 0 spiro atoms. The van der Waals surface area contributed by atoms with Gasteiger partial charge in [-0.05, 0) is 49.4 Å². The third kappa shape index (κ3) is 2.74. The first-order valence-corrected chi connectivity index (χ1v) is 6.62. The Morgan fingerprint density at radius 2 is 2.00 bits per heavy atom. The van der Waals surface area contributed by atoms with Crippen molar-refractivity contribution in [2.75, 3.05) is 24.3 Å². The lowest BCUT2D eigenvalue weighted by Crippen LogP contribution is -2.22. The van der Waals surface area contributed by atoms with Crippen LogP contribution in [0.5, 0.6) is 0 Å². The molecule has 0 aromatic heterocycles. The van der Waals surface area contributed by atoms with E-state index in [4.69, 9.17) is 0 Å². The van der Waals surface area contributed by atoms with Crippen LogP contribution in [0, 0.1) is 12.8 Å².